The summed E-state index contributed by atoms with van der Waals surface area (Å²) in [6.45, 7) is 11.8. The second-order valence-electron chi connectivity index (χ2n) is 6.31. The van der Waals surface area contributed by atoms with Crippen LogP contribution in [0.25, 0.3) is 0 Å². The van der Waals surface area contributed by atoms with Crippen molar-refractivity contribution in [3.05, 3.63) is 23.8 Å². The van der Waals surface area contributed by atoms with E-state index in [2.05, 4.69) is 52.8 Å². The van der Waals surface area contributed by atoms with Crippen LogP contribution >= 0.6 is 0 Å². The van der Waals surface area contributed by atoms with Gasteiger partial charge in [-0.2, -0.15) is 0 Å². The molecule has 1 atom stereocenters. The third-order valence-corrected chi connectivity index (χ3v) is 4.78. The fraction of sp³-hybridized carbons (Fsp3) is 0.750. The van der Waals surface area contributed by atoms with Gasteiger partial charge in [0.2, 0.25) is 0 Å². The number of hydrogen-bond acceptors (Lipinski definition) is 0. The van der Waals surface area contributed by atoms with Gasteiger partial charge < -0.3 is 0 Å². The van der Waals surface area contributed by atoms with Crippen molar-refractivity contribution in [2.45, 2.75) is 66.7 Å². The van der Waals surface area contributed by atoms with E-state index in [1.165, 1.54) is 32.1 Å². The van der Waals surface area contributed by atoms with E-state index in [0.717, 1.165) is 0 Å². The van der Waals surface area contributed by atoms with E-state index in [1.54, 1.807) is 5.57 Å². The Kier molecular flexibility index (Phi) is 4.41. The zero-order valence-electron chi connectivity index (χ0n) is 11.8. The lowest BCUT2D eigenvalue weighted by molar-refractivity contribution is 0.0665. The highest BCUT2D eigenvalue weighted by Crippen LogP contribution is 2.51. The highest BCUT2D eigenvalue weighted by atomic mass is 14.4. The standard InChI is InChI=1S/C16H28/c1-6-7-8-11-15(3,4)16(5)12-9-14(2)10-13-16/h6-7,9H,8,10-13H2,1-5H3. The molecule has 0 heteroatoms. The summed E-state index contributed by atoms with van der Waals surface area (Å²) in [5.41, 5.74) is 2.53. The average Bonchev–Trinajstić information content (AvgIpc) is 2.23. The topological polar surface area (TPSA) is 0 Å². The third-order valence-electron chi connectivity index (χ3n) is 4.78. The summed E-state index contributed by atoms with van der Waals surface area (Å²) in [6.07, 6.45) is 13.4. The molecule has 1 aliphatic carbocycles. The fourth-order valence-electron chi connectivity index (χ4n) is 2.60. The van der Waals surface area contributed by atoms with Crippen LogP contribution in [-0.4, -0.2) is 0 Å². The SMILES string of the molecule is CC=CCCC(C)(C)C1(C)CC=C(C)CC1. The maximum Gasteiger partial charge on any atom is -0.0237 e. The summed E-state index contributed by atoms with van der Waals surface area (Å²) < 4.78 is 0. The minimum Gasteiger partial charge on any atom is -0.0917 e. The van der Waals surface area contributed by atoms with Crippen LogP contribution in [0.5, 0.6) is 0 Å². The van der Waals surface area contributed by atoms with Gasteiger partial charge in [0.05, 0.1) is 0 Å². The van der Waals surface area contributed by atoms with Gasteiger partial charge in [-0.1, -0.05) is 44.6 Å². The lowest BCUT2D eigenvalue weighted by atomic mass is 9.59. The van der Waals surface area contributed by atoms with Crippen LogP contribution in [0.1, 0.15) is 66.7 Å². The molecule has 0 fully saturated rings. The van der Waals surface area contributed by atoms with Gasteiger partial charge >= 0.3 is 0 Å². The van der Waals surface area contributed by atoms with Crippen molar-refractivity contribution in [1.29, 1.82) is 0 Å². The highest BCUT2D eigenvalue weighted by molar-refractivity contribution is 5.09. The van der Waals surface area contributed by atoms with Crippen molar-refractivity contribution in [2.24, 2.45) is 10.8 Å². The molecule has 16 heavy (non-hydrogen) atoms. The quantitative estimate of drug-likeness (QED) is 0.548. The second kappa shape index (κ2) is 5.21. The van der Waals surface area contributed by atoms with Crippen molar-refractivity contribution >= 4 is 0 Å². The molecule has 0 N–H and O–H groups in total. The van der Waals surface area contributed by atoms with E-state index in [1.807, 2.05) is 0 Å². The highest BCUT2D eigenvalue weighted by Gasteiger charge is 2.40. The smallest absolute Gasteiger partial charge is 0.0237 e. The molecule has 0 bridgehead atoms. The normalized spacial score (nSPS) is 27.2. The van der Waals surface area contributed by atoms with Gasteiger partial charge in [-0.25, -0.2) is 0 Å². The Morgan fingerprint density at radius 2 is 2.12 bits per heavy atom. The summed E-state index contributed by atoms with van der Waals surface area (Å²) in [5.74, 6) is 0. The molecule has 0 nitrogen and oxygen atoms in total. The van der Waals surface area contributed by atoms with Crippen LogP contribution in [0.4, 0.5) is 0 Å². The molecule has 0 aliphatic heterocycles. The van der Waals surface area contributed by atoms with Gasteiger partial charge in [0, 0.05) is 0 Å². The average molecular weight is 220 g/mol. The predicted octanol–water partition coefficient (Wildman–Crippen LogP) is 5.51. The van der Waals surface area contributed by atoms with Gasteiger partial charge in [-0.05, 0) is 56.8 Å². The first-order valence-electron chi connectivity index (χ1n) is 6.68. The maximum absolute atomic E-state index is 2.48. The van der Waals surface area contributed by atoms with E-state index >= 15 is 0 Å². The van der Waals surface area contributed by atoms with Crippen molar-refractivity contribution in [3.8, 4) is 0 Å². The molecule has 0 heterocycles. The lowest BCUT2D eigenvalue weighted by Gasteiger charge is -2.46. The molecule has 92 valence electrons. The summed E-state index contributed by atoms with van der Waals surface area (Å²) >= 11 is 0. The van der Waals surface area contributed by atoms with Crippen molar-refractivity contribution in [1.82, 2.24) is 0 Å². The Hall–Kier alpha value is -0.520. The summed E-state index contributed by atoms with van der Waals surface area (Å²) in [4.78, 5) is 0. The molecular weight excluding hydrogens is 192 g/mol. The molecule has 1 rings (SSSR count). The predicted molar refractivity (Wildman–Crippen MR) is 73.5 cm³/mol. The number of rotatable bonds is 4. The monoisotopic (exact) mass is 220 g/mol. The first-order valence-corrected chi connectivity index (χ1v) is 6.68. The molecule has 0 aromatic rings. The van der Waals surface area contributed by atoms with E-state index in [4.69, 9.17) is 0 Å². The third kappa shape index (κ3) is 2.99. The first kappa shape index (κ1) is 13.5. The zero-order valence-corrected chi connectivity index (χ0v) is 11.8. The van der Waals surface area contributed by atoms with Gasteiger partial charge in [-0.3, -0.25) is 0 Å². The van der Waals surface area contributed by atoms with E-state index in [-0.39, 0.29) is 0 Å². The molecule has 0 saturated carbocycles. The van der Waals surface area contributed by atoms with Crippen LogP contribution in [0, 0.1) is 10.8 Å². The molecule has 0 amide bonds. The minimum absolute atomic E-state index is 0.448. The summed E-state index contributed by atoms with van der Waals surface area (Å²) in [5, 5.41) is 0. The van der Waals surface area contributed by atoms with Crippen LogP contribution in [-0.2, 0) is 0 Å². The van der Waals surface area contributed by atoms with Crippen molar-refractivity contribution < 1.29 is 0 Å². The van der Waals surface area contributed by atoms with Crippen molar-refractivity contribution in [2.75, 3.05) is 0 Å². The molecule has 0 aromatic carbocycles. The van der Waals surface area contributed by atoms with E-state index in [9.17, 15) is 0 Å². The first-order chi connectivity index (χ1) is 7.41. The van der Waals surface area contributed by atoms with Crippen LogP contribution in [0.3, 0.4) is 0 Å². The molecule has 1 unspecified atom stereocenters. The Morgan fingerprint density at radius 1 is 1.44 bits per heavy atom. The molecule has 0 radical (unpaired) electrons. The lowest BCUT2D eigenvalue weighted by Crippen LogP contribution is -2.36. The van der Waals surface area contributed by atoms with Crippen molar-refractivity contribution in [3.63, 3.8) is 0 Å². The Bertz CT molecular complexity index is 280. The van der Waals surface area contributed by atoms with E-state index < -0.39 is 0 Å². The van der Waals surface area contributed by atoms with Crippen LogP contribution in [0.15, 0.2) is 23.8 Å². The molecule has 0 aromatic heterocycles. The summed E-state index contributed by atoms with van der Waals surface area (Å²) in [6, 6.07) is 0. The van der Waals surface area contributed by atoms with Crippen LogP contribution in [0.2, 0.25) is 0 Å². The Morgan fingerprint density at radius 3 is 2.62 bits per heavy atom. The fourth-order valence-corrected chi connectivity index (χ4v) is 2.60. The molecule has 1 aliphatic rings. The largest absolute Gasteiger partial charge is 0.0917 e. The van der Waals surface area contributed by atoms with E-state index in [0.29, 0.717) is 10.8 Å². The minimum atomic E-state index is 0.448. The van der Waals surface area contributed by atoms with Gasteiger partial charge in [0.15, 0.2) is 0 Å². The molecule has 0 saturated heterocycles. The van der Waals surface area contributed by atoms with Gasteiger partial charge in [0.1, 0.15) is 0 Å². The maximum atomic E-state index is 2.48. The van der Waals surface area contributed by atoms with Crippen LogP contribution < -0.4 is 0 Å². The number of hydrogen-bond donors (Lipinski definition) is 0. The molecular formula is C16H28. The Balaban J connectivity index is 2.66. The Labute approximate surface area is 102 Å². The number of allylic oxidation sites excluding steroid dienone is 4. The zero-order chi connectivity index (χ0) is 12.2. The van der Waals surface area contributed by atoms with Gasteiger partial charge in [-0.15, -0.1) is 0 Å². The summed E-state index contributed by atoms with van der Waals surface area (Å²) in [7, 11) is 0. The van der Waals surface area contributed by atoms with Gasteiger partial charge in [0.25, 0.3) is 0 Å². The second-order valence-corrected chi connectivity index (χ2v) is 6.31. The molecule has 0 spiro atoms.